The Labute approximate surface area is 76.5 Å². The lowest BCUT2D eigenvalue weighted by Crippen LogP contribution is -2.38. The molecule has 0 saturated heterocycles. The second-order valence-corrected chi connectivity index (χ2v) is 4.35. The number of halogens is 1. The second-order valence-electron chi connectivity index (χ2n) is 3.56. The van der Waals surface area contributed by atoms with Crippen LogP contribution < -0.4 is 0 Å². The first kappa shape index (κ1) is 7.60. The molecule has 0 N–H and O–H groups in total. The molecular weight excluding hydrogens is 200 g/mol. The molecule has 2 aliphatic rings. The molecule has 2 aliphatic carbocycles. The summed E-state index contributed by atoms with van der Waals surface area (Å²) in [5.41, 5.74) is 0.554. The summed E-state index contributed by atoms with van der Waals surface area (Å²) in [6, 6.07) is 0. The van der Waals surface area contributed by atoms with Crippen molar-refractivity contribution >= 4 is 15.9 Å². The third kappa shape index (κ3) is 1.10. The topological polar surface area (TPSA) is 0 Å². The minimum Gasteiger partial charge on any atom is -0.0928 e. The molecule has 0 nitrogen and oxygen atoms in total. The fraction of sp³-hybridized carbons (Fsp3) is 0.600. The van der Waals surface area contributed by atoms with Crippen LogP contribution in [0.5, 0.6) is 0 Å². The summed E-state index contributed by atoms with van der Waals surface area (Å²) in [6.45, 7) is 0. The number of fused-ring (bicyclic) bond motifs is 1. The van der Waals surface area contributed by atoms with Gasteiger partial charge in [0.2, 0.25) is 0 Å². The van der Waals surface area contributed by atoms with Gasteiger partial charge in [0.15, 0.2) is 0 Å². The van der Waals surface area contributed by atoms with Gasteiger partial charge in [0, 0.05) is 5.33 Å². The third-order valence-corrected chi connectivity index (χ3v) is 3.50. The molecule has 2 atom stereocenters. The van der Waals surface area contributed by atoms with Crippen LogP contribution in [0.3, 0.4) is 0 Å². The zero-order valence-corrected chi connectivity index (χ0v) is 8.18. The van der Waals surface area contributed by atoms with E-state index in [1.54, 1.807) is 0 Å². The molecule has 0 aromatic carbocycles. The van der Waals surface area contributed by atoms with E-state index in [4.69, 9.17) is 0 Å². The van der Waals surface area contributed by atoms with Crippen LogP contribution in [0.15, 0.2) is 24.3 Å². The van der Waals surface area contributed by atoms with Gasteiger partial charge in [-0.1, -0.05) is 40.2 Å². The van der Waals surface area contributed by atoms with Crippen LogP contribution in [-0.4, -0.2) is 5.33 Å². The molecule has 1 heteroatoms. The summed E-state index contributed by atoms with van der Waals surface area (Å²) in [5.74, 6) is 0.852. The minimum atomic E-state index is 0.554. The van der Waals surface area contributed by atoms with E-state index < -0.39 is 0 Å². The van der Waals surface area contributed by atoms with Crippen LogP contribution in [0.2, 0.25) is 0 Å². The molecule has 0 aromatic rings. The van der Waals surface area contributed by atoms with E-state index in [-0.39, 0.29) is 0 Å². The predicted molar refractivity (Wildman–Crippen MR) is 51.8 cm³/mol. The van der Waals surface area contributed by atoms with E-state index in [1.165, 1.54) is 19.3 Å². The Morgan fingerprint density at radius 3 is 2.91 bits per heavy atom. The third-order valence-electron chi connectivity index (χ3n) is 3.10. The molecule has 0 heterocycles. The summed E-state index contributed by atoms with van der Waals surface area (Å²) in [4.78, 5) is 0. The van der Waals surface area contributed by atoms with Gasteiger partial charge in [-0.3, -0.25) is 0 Å². The SMILES string of the molecule is BrCCC12C=CC=CC1CC2. The number of allylic oxidation sites excluding steroid dienone is 4. The zero-order valence-electron chi connectivity index (χ0n) is 6.59. The molecule has 2 unspecified atom stereocenters. The molecule has 0 aromatic heterocycles. The first-order chi connectivity index (χ1) is 5.37. The molecule has 0 radical (unpaired) electrons. The Hall–Kier alpha value is -0.0400. The number of alkyl halides is 1. The van der Waals surface area contributed by atoms with Gasteiger partial charge in [-0.2, -0.15) is 0 Å². The second kappa shape index (κ2) is 2.78. The molecule has 60 valence electrons. The molecule has 11 heavy (non-hydrogen) atoms. The lowest BCUT2D eigenvalue weighted by molar-refractivity contribution is 0.121. The molecule has 0 spiro atoms. The van der Waals surface area contributed by atoms with Gasteiger partial charge in [-0.25, -0.2) is 0 Å². The Bertz CT molecular complexity index is 205. The lowest BCUT2D eigenvalue weighted by atomic mass is 9.57. The standard InChI is InChI=1S/C10H13Br/c11-8-7-10-5-2-1-3-9(10)4-6-10/h1-3,5,9H,4,6-8H2. The van der Waals surface area contributed by atoms with E-state index in [0.29, 0.717) is 5.41 Å². The van der Waals surface area contributed by atoms with E-state index in [0.717, 1.165) is 11.2 Å². The van der Waals surface area contributed by atoms with Gasteiger partial charge in [-0.15, -0.1) is 0 Å². The van der Waals surface area contributed by atoms with Gasteiger partial charge < -0.3 is 0 Å². The van der Waals surface area contributed by atoms with Gasteiger partial charge in [0.1, 0.15) is 0 Å². The average Bonchev–Trinajstić information content (AvgIpc) is 1.98. The van der Waals surface area contributed by atoms with E-state index in [1.807, 2.05) is 0 Å². The van der Waals surface area contributed by atoms with Crippen molar-refractivity contribution in [3.8, 4) is 0 Å². The van der Waals surface area contributed by atoms with Crippen molar-refractivity contribution in [1.29, 1.82) is 0 Å². The zero-order chi connectivity index (χ0) is 7.73. The van der Waals surface area contributed by atoms with Crippen molar-refractivity contribution in [3.05, 3.63) is 24.3 Å². The molecule has 1 saturated carbocycles. The number of hydrogen-bond acceptors (Lipinski definition) is 0. The highest BCUT2D eigenvalue weighted by Gasteiger charge is 2.42. The van der Waals surface area contributed by atoms with Crippen molar-refractivity contribution in [3.63, 3.8) is 0 Å². The van der Waals surface area contributed by atoms with Crippen LogP contribution in [0.25, 0.3) is 0 Å². The lowest BCUT2D eigenvalue weighted by Gasteiger charge is -2.48. The fourth-order valence-corrected chi connectivity index (χ4v) is 2.93. The Morgan fingerprint density at radius 1 is 1.45 bits per heavy atom. The van der Waals surface area contributed by atoms with Crippen LogP contribution in [0, 0.1) is 11.3 Å². The minimum absolute atomic E-state index is 0.554. The molecule has 0 aliphatic heterocycles. The number of rotatable bonds is 2. The summed E-state index contributed by atoms with van der Waals surface area (Å²) in [7, 11) is 0. The summed E-state index contributed by atoms with van der Waals surface area (Å²) in [6.07, 6.45) is 13.3. The van der Waals surface area contributed by atoms with E-state index >= 15 is 0 Å². The van der Waals surface area contributed by atoms with Gasteiger partial charge >= 0.3 is 0 Å². The quantitative estimate of drug-likeness (QED) is 0.617. The highest BCUT2D eigenvalue weighted by atomic mass is 79.9. The maximum absolute atomic E-state index is 3.52. The monoisotopic (exact) mass is 212 g/mol. The van der Waals surface area contributed by atoms with Crippen LogP contribution in [0.4, 0.5) is 0 Å². The van der Waals surface area contributed by atoms with Crippen LogP contribution in [0.1, 0.15) is 19.3 Å². The highest BCUT2D eigenvalue weighted by Crippen LogP contribution is 2.52. The smallest absolute Gasteiger partial charge is 0.00397 e. The van der Waals surface area contributed by atoms with Crippen LogP contribution >= 0.6 is 15.9 Å². The normalized spacial score (nSPS) is 39.9. The van der Waals surface area contributed by atoms with Gasteiger partial charge in [0.05, 0.1) is 0 Å². The van der Waals surface area contributed by atoms with Crippen molar-refractivity contribution in [2.24, 2.45) is 11.3 Å². The summed E-state index contributed by atoms with van der Waals surface area (Å²) in [5, 5.41) is 1.14. The molecule has 2 rings (SSSR count). The van der Waals surface area contributed by atoms with E-state index in [9.17, 15) is 0 Å². The first-order valence-corrected chi connectivity index (χ1v) is 5.41. The van der Waals surface area contributed by atoms with Crippen molar-refractivity contribution < 1.29 is 0 Å². The van der Waals surface area contributed by atoms with Gasteiger partial charge in [-0.05, 0) is 30.6 Å². The molecule has 0 amide bonds. The highest BCUT2D eigenvalue weighted by molar-refractivity contribution is 9.09. The van der Waals surface area contributed by atoms with E-state index in [2.05, 4.69) is 40.2 Å². The van der Waals surface area contributed by atoms with Crippen molar-refractivity contribution in [2.75, 3.05) is 5.33 Å². The molecular formula is C10H13Br. The Morgan fingerprint density at radius 2 is 2.36 bits per heavy atom. The number of hydrogen-bond donors (Lipinski definition) is 0. The summed E-state index contributed by atoms with van der Waals surface area (Å²) >= 11 is 3.52. The van der Waals surface area contributed by atoms with Crippen LogP contribution in [-0.2, 0) is 0 Å². The predicted octanol–water partition coefficient (Wildman–Crippen LogP) is 3.29. The Kier molecular flexibility index (Phi) is 1.92. The summed E-state index contributed by atoms with van der Waals surface area (Å²) < 4.78 is 0. The maximum atomic E-state index is 3.52. The maximum Gasteiger partial charge on any atom is 0.00397 e. The largest absolute Gasteiger partial charge is 0.0928 e. The average molecular weight is 213 g/mol. The van der Waals surface area contributed by atoms with Gasteiger partial charge in [0.25, 0.3) is 0 Å². The Balaban J connectivity index is 2.12. The van der Waals surface area contributed by atoms with Crippen molar-refractivity contribution in [2.45, 2.75) is 19.3 Å². The molecule has 0 bridgehead atoms. The molecule has 1 fully saturated rings. The first-order valence-electron chi connectivity index (χ1n) is 4.29. The fourth-order valence-electron chi connectivity index (χ4n) is 2.19. The van der Waals surface area contributed by atoms with Crippen molar-refractivity contribution in [1.82, 2.24) is 0 Å².